The first-order chi connectivity index (χ1) is 8.95. The second kappa shape index (κ2) is 5.67. The molecule has 5 nitrogen and oxygen atoms in total. The van der Waals surface area contributed by atoms with Crippen molar-refractivity contribution in [2.45, 2.75) is 31.7 Å². The monoisotopic (exact) mass is 323 g/mol. The van der Waals surface area contributed by atoms with Gasteiger partial charge in [0.25, 0.3) is 0 Å². The summed E-state index contributed by atoms with van der Waals surface area (Å²) in [5.41, 5.74) is -0.831. The molecular formula is C12H15ClFNO4S. The van der Waals surface area contributed by atoms with Crippen LogP contribution in [-0.4, -0.2) is 25.5 Å². The summed E-state index contributed by atoms with van der Waals surface area (Å²) in [6.07, 6.45) is 0. The lowest BCUT2D eigenvalue weighted by Gasteiger charge is -2.27. The minimum absolute atomic E-state index is 0.292. The predicted molar refractivity (Wildman–Crippen MR) is 72.6 cm³/mol. The molecule has 20 heavy (non-hydrogen) atoms. The van der Waals surface area contributed by atoms with E-state index in [1.54, 1.807) is 20.8 Å². The zero-order valence-corrected chi connectivity index (χ0v) is 12.7. The molecule has 0 amide bonds. The fourth-order valence-corrected chi connectivity index (χ4v) is 3.13. The van der Waals surface area contributed by atoms with Crippen molar-refractivity contribution < 1.29 is 22.7 Å². The van der Waals surface area contributed by atoms with E-state index < -0.39 is 33.3 Å². The smallest absolute Gasteiger partial charge is 0.322 e. The van der Waals surface area contributed by atoms with Gasteiger partial charge in [-0.15, -0.1) is 0 Å². The number of carbonyl (C=O) groups is 1. The van der Waals surface area contributed by atoms with Crippen LogP contribution in [0.2, 0.25) is 5.02 Å². The van der Waals surface area contributed by atoms with Crippen molar-refractivity contribution in [3.05, 3.63) is 29.0 Å². The van der Waals surface area contributed by atoms with Crippen LogP contribution < -0.4 is 4.72 Å². The van der Waals surface area contributed by atoms with Gasteiger partial charge in [0.1, 0.15) is 11.9 Å². The van der Waals surface area contributed by atoms with Crippen LogP contribution in [0, 0.1) is 11.2 Å². The Morgan fingerprint density at radius 1 is 1.40 bits per heavy atom. The van der Waals surface area contributed by atoms with Crippen molar-refractivity contribution >= 4 is 27.6 Å². The average Bonchev–Trinajstić information content (AvgIpc) is 2.27. The molecule has 0 aromatic heterocycles. The molecule has 0 saturated heterocycles. The van der Waals surface area contributed by atoms with Crippen LogP contribution in [0.3, 0.4) is 0 Å². The molecule has 8 heteroatoms. The molecule has 1 rings (SSSR count). The van der Waals surface area contributed by atoms with E-state index in [1.807, 2.05) is 0 Å². The molecule has 0 aliphatic heterocycles. The maximum atomic E-state index is 13.0. The number of nitrogens with one attached hydrogen (secondary N) is 1. The number of benzene rings is 1. The Morgan fingerprint density at radius 2 is 1.95 bits per heavy atom. The number of carboxylic acid groups (broad SMARTS) is 1. The van der Waals surface area contributed by atoms with Gasteiger partial charge >= 0.3 is 5.97 Å². The topological polar surface area (TPSA) is 83.5 Å². The van der Waals surface area contributed by atoms with Crippen molar-refractivity contribution in [2.75, 3.05) is 0 Å². The Bertz CT molecular complexity index is 625. The zero-order chi connectivity index (χ0) is 15.7. The van der Waals surface area contributed by atoms with E-state index in [9.17, 15) is 17.6 Å². The first kappa shape index (κ1) is 16.9. The lowest BCUT2D eigenvalue weighted by molar-refractivity contribution is -0.141. The summed E-state index contributed by atoms with van der Waals surface area (Å²) in [7, 11) is -4.11. The molecule has 0 radical (unpaired) electrons. The lowest BCUT2D eigenvalue weighted by Crippen LogP contribution is -2.48. The number of sulfonamides is 1. The van der Waals surface area contributed by atoms with Crippen LogP contribution >= 0.6 is 11.6 Å². The Morgan fingerprint density at radius 3 is 2.35 bits per heavy atom. The van der Waals surface area contributed by atoms with Crippen LogP contribution in [0.15, 0.2) is 23.1 Å². The molecule has 112 valence electrons. The third-order valence-electron chi connectivity index (χ3n) is 2.59. The maximum Gasteiger partial charge on any atom is 0.322 e. The van der Waals surface area contributed by atoms with Gasteiger partial charge in [-0.2, -0.15) is 4.72 Å². The number of aliphatic carboxylic acids is 1. The fourth-order valence-electron chi connectivity index (χ4n) is 1.46. The van der Waals surface area contributed by atoms with Crippen molar-refractivity contribution in [1.29, 1.82) is 0 Å². The minimum Gasteiger partial charge on any atom is -0.480 e. The van der Waals surface area contributed by atoms with Gasteiger partial charge in [-0.05, 0) is 23.6 Å². The highest BCUT2D eigenvalue weighted by Gasteiger charge is 2.35. The third-order valence-corrected chi connectivity index (χ3v) is 4.30. The number of hydrogen-bond acceptors (Lipinski definition) is 3. The van der Waals surface area contributed by atoms with Gasteiger partial charge in [0.05, 0.1) is 9.92 Å². The standard InChI is InChI=1S/C12H15ClFNO4S/c1-12(2,3)10(11(16)17)15-20(18,19)7-4-5-9(14)8(13)6-7/h4-6,10,15H,1-3H3,(H,16,17)/t10-/m0/s1. The molecule has 0 heterocycles. The quantitative estimate of drug-likeness (QED) is 0.890. The molecule has 0 aliphatic rings. The Labute approximate surface area is 121 Å². The first-order valence-electron chi connectivity index (χ1n) is 5.65. The van der Waals surface area contributed by atoms with Crippen molar-refractivity contribution in [3.63, 3.8) is 0 Å². The molecule has 0 bridgehead atoms. The lowest BCUT2D eigenvalue weighted by atomic mass is 9.88. The van der Waals surface area contributed by atoms with E-state index in [-0.39, 0.29) is 9.92 Å². The Balaban J connectivity index is 3.16. The highest BCUT2D eigenvalue weighted by molar-refractivity contribution is 7.89. The molecule has 1 aromatic carbocycles. The SMILES string of the molecule is CC(C)(C)[C@@H](NS(=O)(=O)c1ccc(F)c(Cl)c1)C(=O)O. The van der Waals surface area contributed by atoms with Crippen LogP contribution in [0.25, 0.3) is 0 Å². The summed E-state index contributed by atoms with van der Waals surface area (Å²) >= 11 is 5.53. The molecule has 2 N–H and O–H groups in total. The van der Waals surface area contributed by atoms with Crippen molar-refractivity contribution in [1.82, 2.24) is 4.72 Å². The second-order valence-corrected chi connectivity index (χ2v) is 7.46. The molecule has 1 aromatic rings. The predicted octanol–water partition coefficient (Wildman–Crippen LogP) is 2.26. The van der Waals surface area contributed by atoms with Crippen LogP contribution in [-0.2, 0) is 14.8 Å². The zero-order valence-electron chi connectivity index (χ0n) is 11.1. The minimum atomic E-state index is -4.11. The average molecular weight is 324 g/mol. The number of halogens is 2. The molecule has 1 atom stereocenters. The molecule has 0 unspecified atom stereocenters. The van der Waals surface area contributed by atoms with Gasteiger partial charge in [0.15, 0.2) is 0 Å². The van der Waals surface area contributed by atoms with Gasteiger partial charge in [-0.25, -0.2) is 12.8 Å². The Kier molecular flexibility index (Phi) is 4.78. The van der Waals surface area contributed by atoms with Gasteiger partial charge in [0, 0.05) is 0 Å². The third kappa shape index (κ3) is 3.91. The van der Waals surface area contributed by atoms with E-state index in [0.29, 0.717) is 0 Å². The van der Waals surface area contributed by atoms with Gasteiger partial charge < -0.3 is 5.11 Å². The first-order valence-corrected chi connectivity index (χ1v) is 7.51. The summed E-state index contributed by atoms with van der Waals surface area (Å²) in [6, 6.07) is 1.53. The highest BCUT2D eigenvalue weighted by atomic mass is 35.5. The number of hydrogen-bond donors (Lipinski definition) is 2. The molecule has 0 spiro atoms. The van der Waals surface area contributed by atoms with Crippen LogP contribution in [0.5, 0.6) is 0 Å². The van der Waals surface area contributed by atoms with Gasteiger partial charge in [-0.3, -0.25) is 4.79 Å². The van der Waals surface area contributed by atoms with E-state index in [2.05, 4.69) is 4.72 Å². The largest absolute Gasteiger partial charge is 0.480 e. The van der Waals surface area contributed by atoms with E-state index in [1.165, 1.54) is 0 Å². The van der Waals surface area contributed by atoms with Crippen molar-refractivity contribution in [2.24, 2.45) is 5.41 Å². The van der Waals surface area contributed by atoms with Gasteiger partial charge in [0.2, 0.25) is 10.0 Å². The summed E-state index contributed by atoms with van der Waals surface area (Å²) < 4.78 is 39.3. The summed E-state index contributed by atoms with van der Waals surface area (Å²) in [5, 5.41) is 8.75. The van der Waals surface area contributed by atoms with E-state index in [0.717, 1.165) is 18.2 Å². The second-order valence-electron chi connectivity index (χ2n) is 5.33. The normalized spacial score (nSPS) is 14.1. The summed E-state index contributed by atoms with van der Waals surface area (Å²) in [4.78, 5) is 10.9. The molecular weight excluding hydrogens is 309 g/mol. The van der Waals surface area contributed by atoms with Crippen molar-refractivity contribution in [3.8, 4) is 0 Å². The summed E-state index contributed by atoms with van der Waals surface area (Å²) in [5.74, 6) is -2.05. The van der Waals surface area contributed by atoms with E-state index >= 15 is 0 Å². The van der Waals surface area contributed by atoms with Gasteiger partial charge in [-0.1, -0.05) is 32.4 Å². The van der Waals surface area contributed by atoms with Crippen LogP contribution in [0.1, 0.15) is 20.8 Å². The number of rotatable bonds is 4. The maximum absolute atomic E-state index is 13.0. The molecule has 0 fully saturated rings. The Hall–Kier alpha value is -1.18. The highest BCUT2D eigenvalue weighted by Crippen LogP contribution is 2.23. The fraction of sp³-hybridized carbons (Fsp3) is 0.417. The molecule has 0 saturated carbocycles. The van der Waals surface area contributed by atoms with Crippen LogP contribution in [0.4, 0.5) is 4.39 Å². The van der Waals surface area contributed by atoms with E-state index in [4.69, 9.17) is 16.7 Å². The number of carboxylic acids is 1. The molecule has 0 aliphatic carbocycles. The summed E-state index contributed by atoms with van der Waals surface area (Å²) in [6.45, 7) is 4.77.